The zero-order valence-electron chi connectivity index (χ0n) is 16.3. The average molecular weight is 441 g/mol. The molecule has 6 nitrogen and oxygen atoms in total. The molecule has 1 aromatic carbocycles. The number of fused-ring (bicyclic) bond motifs is 1. The molecule has 0 bridgehead atoms. The first-order valence-electron chi connectivity index (χ1n) is 9.75. The maximum Gasteiger partial charge on any atom is 0.349 e. The van der Waals surface area contributed by atoms with Crippen molar-refractivity contribution in [2.75, 3.05) is 5.75 Å². The van der Waals surface area contributed by atoms with Gasteiger partial charge in [0.25, 0.3) is 0 Å². The second kappa shape index (κ2) is 9.45. The molecule has 0 saturated carbocycles. The van der Waals surface area contributed by atoms with Crippen molar-refractivity contribution in [2.45, 2.75) is 37.4 Å². The first-order chi connectivity index (χ1) is 14.6. The van der Waals surface area contributed by atoms with Crippen LogP contribution in [-0.4, -0.2) is 26.2 Å². The van der Waals surface area contributed by atoms with Crippen LogP contribution in [0.25, 0.3) is 0 Å². The summed E-state index contributed by atoms with van der Waals surface area (Å²) in [7, 11) is 0. The SMILES string of the molecule is O=C(CSc1nc(=O)n(Cc2cccnc2)c2c1CCC2)NCc1ccc(Cl)cc1. The smallest absolute Gasteiger partial charge is 0.349 e. The van der Waals surface area contributed by atoms with Crippen LogP contribution in [0.1, 0.15) is 28.8 Å². The van der Waals surface area contributed by atoms with Gasteiger partial charge in [-0.3, -0.25) is 14.3 Å². The maximum atomic E-state index is 12.7. The van der Waals surface area contributed by atoms with E-state index >= 15 is 0 Å². The number of benzene rings is 1. The lowest BCUT2D eigenvalue weighted by Crippen LogP contribution is -2.28. The number of hydrogen-bond donors (Lipinski definition) is 1. The third kappa shape index (κ3) is 4.91. The van der Waals surface area contributed by atoms with Gasteiger partial charge >= 0.3 is 5.69 Å². The van der Waals surface area contributed by atoms with Crippen LogP contribution in [0.15, 0.2) is 58.6 Å². The number of carbonyl (C=O) groups excluding carboxylic acids is 1. The average Bonchev–Trinajstić information content (AvgIpc) is 3.25. The summed E-state index contributed by atoms with van der Waals surface area (Å²) >= 11 is 7.21. The van der Waals surface area contributed by atoms with Crippen molar-refractivity contribution in [2.24, 2.45) is 0 Å². The lowest BCUT2D eigenvalue weighted by atomic mass is 10.2. The number of nitrogens with one attached hydrogen (secondary N) is 1. The van der Waals surface area contributed by atoms with Gasteiger partial charge in [0.15, 0.2) is 0 Å². The lowest BCUT2D eigenvalue weighted by molar-refractivity contribution is -0.118. The zero-order chi connectivity index (χ0) is 20.9. The topological polar surface area (TPSA) is 76.9 Å². The molecule has 1 aliphatic rings. The molecule has 30 heavy (non-hydrogen) atoms. The van der Waals surface area contributed by atoms with Gasteiger partial charge in [-0.2, -0.15) is 4.98 Å². The Bertz CT molecular complexity index is 1100. The van der Waals surface area contributed by atoms with Crippen molar-refractivity contribution >= 4 is 29.3 Å². The molecule has 0 unspecified atom stereocenters. The minimum Gasteiger partial charge on any atom is -0.351 e. The molecule has 0 fully saturated rings. The van der Waals surface area contributed by atoms with Crippen molar-refractivity contribution in [3.05, 3.63) is 86.7 Å². The highest BCUT2D eigenvalue weighted by Crippen LogP contribution is 2.29. The highest BCUT2D eigenvalue weighted by atomic mass is 35.5. The molecule has 1 N–H and O–H groups in total. The van der Waals surface area contributed by atoms with Crippen LogP contribution in [-0.2, 0) is 30.7 Å². The number of halogens is 1. The van der Waals surface area contributed by atoms with Crippen molar-refractivity contribution in [3.63, 3.8) is 0 Å². The third-order valence-corrected chi connectivity index (χ3v) is 6.28. The van der Waals surface area contributed by atoms with E-state index in [-0.39, 0.29) is 17.3 Å². The Kier molecular flexibility index (Phi) is 6.50. The summed E-state index contributed by atoms with van der Waals surface area (Å²) in [6, 6.07) is 11.2. The van der Waals surface area contributed by atoms with E-state index in [2.05, 4.69) is 15.3 Å². The van der Waals surface area contributed by atoms with Gasteiger partial charge in [-0.15, -0.1) is 0 Å². The van der Waals surface area contributed by atoms with Crippen molar-refractivity contribution < 1.29 is 4.79 Å². The molecule has 0 aliphatic heterocycles. The van der Waals surface area contributed by atoms with E-state index in [4.69, 9.17) is 11.6 Å². The minimum atomic E-state index is -0.274. The quantitative estimate of drug-likeness (QED) is 0.451. The van der Waals surface area contributed by atoms with Crippen LogP contribution < -0.4 is 11.0 Å². The molecular formula is C22H21ClN4O2S. The Balaban J connectivity index is 1.42. The Hall–Kier alpha value is -2.64. The molecule has 0 spiro atoms. The Morgan fingerprint density at radius 3 is 2.77 bits per heavy atom. The van der Waals surface area contributed by atoms with Crippen molar-refractivity contribution in [3.8, 4) is 0 Å². The maximum absolute atomic E-state index is 12.7. The van der Waals surface area contributed by atoms with E-state index in [0.29, 0.717) is 23.1 Å². The number of carbonyl (C=O) groups is 1. The molecule has 1 aliphatic carbocycles. The number of pyridine rings is 1. The first-order valence-corrected chi connectivity index (χ1v) is 11.1. The molecule has 8 heteroatoms. The summed E-state index contributed by atoms with van der Waals surface area (Å²) < 4.78 is 1.74. The Morgan fingerprint density at radius 2 is 2.00 bits per heavy atom. The van der Waals surface area contributed by atoms with Gasteiger partial charge in [-0.1, -0.05) is 41.6 Å². The monoisotopic (exact) mass is 440 g/mol. The molecule has 1 amide bonds. The van der Waals surface area contributed by atoms with Gasteiger partial charge in [-0.25, -0.2) is 4.79 Å². The second-order valence-corrected chi connectivity index (χ2v) is 8.52. The third-order valence-electron chi connectivity index (χ3n) is 5.01. The van der Waals surface area contributed by atoms with Crippen LogP contribution in [0.2, 0.25) is 5.02 Å². The molecule has 3 aromatic rings. The van der Waals surface area contributed by atoms with Crippen LogP contribution in [0.4, 0.5) is 0 Å². The van der Waals surface area contributed by atoms with Gasteiger partial charge in [0.2, 0.25) is 5.91 Å². The van der Waals surface area contributed by atoms with Gasteiger partial charge < -0.3 is 5.32 Å². The van der Waals surface area contributed by atoms with Gasteiger partial charge in [-0.05, 0) is 48.6 Å². The number of aromatic nitrogens is 3. The molecule has 2 aromatic heterocycles. The summed E-state index contributed by atoms with van der Waals surface area (Å²) in [5, 5.41) is 4.24. The first kappa shape index (κ1) is 20.6. The number of rotatable bonds is 7. The van der Waals surface area contributed by atoms with Gasteiger partial charge in [0.05, 0.1) is 12.3 Å². The zero-order valence-corrected chi connectivity index (χ0v) is 17.9. The van der Waals surface area contributed by atoms with Crippen molar-refractivity contribution in [1.82, 2.24) is 19.9 Å². The van der Waals surface area contributed by atoms with Crippen LogP contribution in [0.5, 0.6) is 0 Å². The van der Waals surface area contributed by atoms with E-state index in [1.54, 1.807) is 29.1 Å². The number of thioether (sulfide) groups is 1. The number of amides is 1. The van der Waals surface area contributed by atoms with Gasteiger partial charge in [0, 0.05) is 35.2 Å². The van der Waals surface area contributed by atoms with E-state index < -0.39 is 0 Å². The lowest BCUT2D eigenvalue weighted by Gasteiger charge is -2.14. The molecule has 2 heterocycles. The fourth-order valence-corrected chi connectivity index (χ4v) is 4.56. The summed E-state index contributed by atoms with van der Waals surface area (Å²) in [5.74, 6) is 0.127. The highest BCUT2D eigenvalue weighted by molar-refractivity contribution is 7.99. The molecule has 0 atom stereocenters. The predicted molar refractivity (Wildman–Crippen MR) is 118 cm³/mol. The van der Waals surface area contributed by atoms with Crippen LogP contribution >= 0.6 is 23.4 Å². The fourth-order valence-electron chi connectivity index (χ4n) is 3.53. The molecule has 0 saturated heterocycles. The van der Waals surface area contributed by atoms with Crippen LogP contribution in [0, 0.1) is 0 Å². The second-order valence-electron chi connectivity index (χ2n) is 7.12. The standard InChI is InChI=1S/C22H21ClN4O2S/c23-17-8-6-15(7-9-17)12-25-20(28)14-30-21-18-4-1-5-19(18)27(22(29)26-21)13-16-3-2-10-24-11-16/h2-3,6-11H,1,4-5,12-14H2,(H,25,28). The van der Waals surface area contributed by atoms with E-state index in [1.165, 1.54) is 11.8 Å². The fraction of sp³-hybridized carbons (Fsp3) is 0.273. The van der Waals surface area contributed by atoms with Crippen molar-refractivity contribution in [1.29, 1.82) is 0 Å². The predicted octanol–water partition coefficient (Wildman–Crippen LogP) is 3.24. The largest absolute Gasteiger partial charge is 0.351 e. The van der Waals surface area contributed by atoms with E-state index in [1.807, 2.05) is 24.3 Å². The number of hydrogen-bond acceptors (Lipinski definition) is 5. The summed E-state index contributed by atoms with van der Waals surface area (Å²) in [6.45, 7) is 0.906. The highest BCUT2D eigenvalue weighted by Gasteiger charge is 2.22. The van der Waals surface area contributed by atoms with E-state index in [9.17, 15) is 9.59 Å². The summed E-state index contributed by atoms with van der Waals surface area (Å²) in [6.07, 6.45) is 6.20. The normalized spacial score (nSPS) is 12.6. The number of nitrogens with zero attached hydrogens (tertiary/aromatic N) is 3. The molecule has 0 radical (unpaired) electrons. The molecule has 154 valence electrons. The van der Waals surface area contributed by atoms with Crippen LogP contribution in [0.3, 0.4) is 0 Å². The Morgan fingerprint density at radius 1 is 1.17 bits per heavy atom. The minimum absolute atomic E-state index is 0.0944. The van der Waals surface area contributed by atoms with Gasteiger partial charge in [0.1, 0.15) is 5.03 Å². The van der Waals surface area contributed by atoms with E-state index in [0.717, 1.165) is 41.6 Å². The summed E-state index contributed by atoms with van der Waals surface area (Å²) in [5.41, 5.74) is 3.80. The molecule has 4 rings (SSSR count). The Labute approximate surface area is 183 Å². The summed E-state index contributed by atoms with van der Waals surface area (Å²) in [4.78, 5) is 33.4. The molecular weight excluding hydrogens is 420 g/mol.